The van der Waals surface area contributed by atoms with Crippen molar-refractivity contribution in [1.82, 2.24) is 0 Å². The maximum atomic E-state index is 11.6. The molecule has 1 aromatic rings. The number of benzene rings is 1. The van der Waals surface area contributed by atoms with Crippen LogP contribution in [-0.4, -0.2) is 17.5 Å². The van der Waals surface area contributed by atoms with E-state index in [1.807, 2.05) is 19.1 Å². The van der Waals surface area contributed by atoms with E-state index in [4.69, 9.17) is 4.74 Å². The number of hydrogen-bond acceptors (Lipinski definition) is 2. The van der Waals surface area contributed by atoms with Crippen LogP contribution in [0, 0.1) is 6.92 Å². The second kappa shape index (κ2) is 5.67. The Bertz CT molecular complexity index is 452. The van der Waals surface area contributed by atoms with Gasteiger partial charge < -0.3 is 0 Å². The third kappa shape index (κ3) is 2.70. The van der Waals surface area contributed by atoms with Crippen LogP contribution in [0.4, 0.5) is 0 Å². The molecule has 0 fully saturated rings. The van der Waals surface area contributed by atoms with Gasteiger partial charge in [-0.3, -0.25) is 0 Å². The topological polar surface area (TPSA) is 26.3 Å². The predicted molar refractivity (Wildman–Crippen MR) is 63.9 cm³/mol. The second-order valence-corrected chi connectivity index (χ2v) is 7.27. The Morgan fingerprint density at radius 2 is 2.29 bits per heavy atom. The molecule has 0 saturated heterocycles. The molecule has 17 heavy (non-hydrogen) atoms. The summed E-state index contributed by atoms with van der Waals surface area (Å²) in [5.74, 6) is -0.234. The van der Waals surface area contributed by atoms with Crippen LogP contribution in [-0.2, 0) is 4.74 Å². The molecule has 1 aromatic carbocycles. The third-order valence-electron chi connectivity index (χ3n) is 2.93. The minimum absolute atomic E-state index is 0.177. The number of esters is 1. The monoisotopic (exact) mass is 343 g/mol. The third-order valence-corrected chi connectivity index (χ3v) is 6.22. The maximum absolute atomic E-state index is 11.6. The molecule has 0 radical (unpaired) electrons. The molecule has 1 aliphatic rings. The molecule has 1 aliphatic heterocycles. The number of halogens is 1. The summed E-state index contributed by atoms with van der Waals surface area (Å²) in [4.78, 5) is 11.6. The number of carbonyl (C=O) groups is 1. The van der Waals surface area contributed by atoms with Crippen molar-refractivity contribution in [2.45, 2.75) is 17.3 Å². The number of alkyl halides is 2. The van der Waals surface area contributed by atoms with Crippen LogP contribution in [0.5, 0.6) is 0 Å². The molecule has 1 atom stereocenters. The molecule has 3 heteroatoms. The first-order valence-electron chi connectivity index (χ1n) is 5.66. The van der Waals surface area contributed by atoms with Gasteiger partial charge in [-0.1, -0.05) is 0 Å². The zero-order valence-electron chi connectivity index (χ0n) is 10.1. The van der Waals surface area contributed by atoms with Crippen LogP contribution in [0.3, 0.4) is 0 Å². The van der Waals surface area contributed by atoms with E-state index >= 15 is 0 Å². The molecule has 2 rings (SSSR count). The summed E-state index contributed by atoms with van der Waals surface area (Å²) in [5, 5.41) is 0. The van der Waals surface area contributed by atoms with Gasteiger partial charge in [0.1, 0.15) is 0 Å². The molecule has 1 heterocycles. The normalized spacial score (nSPS) is 19.5. The minimum atomic E-state index is -0.234. The summed E-state index contributed by atoms with van der Waals surface area (Å²) < 4.78 is 6.71. The van der Waals surface area contributed by atoms with E-state index < -0.39 is 0 Å². The first-order valence-corrected chi connectivity index (χ1v) is 8.43. The molecule has 0 saturated carbocycles. The quantitative estimate of drug-likeness (QED) is 0.324. The fraction of sp³-hybridized carbons (Fsp3) is 0.357. The van der Waals surface area contributed by atoms with Gasteiger partial charge in [0.25, 0.3) is 0 Å². The van der Waals surface area contributed by atoms with E-state index in [9.17, 15) is 4.79 Å². The number of carbonyl (C=O) groups excluding carboxylic acids is 1. The summed E-state index contributed by atoms with van der Waals surface area (Å²) in [7, 11) is 1.43. The standard InChI is InChI=1S/C14H16IO2/c1-10-11(13-8-3-4-9-15-13)6-5-7-12(10)14(16)17-2/h3,5-8,13H,4,9H2,1-2H3/q-1. The van der Waals surface area contributed by atoms with Gasteiger partial charge in [0, 0.05) is 0 Å². The Morgan fingerprint density at radius 3 is 2.94 bits per heavy atom. The molecular weight excluding hydrogens is 327 g/mol. The molecule has 0 aliphatic carbocycles. The fourth-order valence-corrected chi connectivity index (χ4v) is 5.11. The molecule has 0 bridgehead atoms. The summed E-state index contributed by atoms with van der Waals surface area (Å²) >= 11 is 0.177. The summed E-state index contributed by atoms with van der Waals surface area (Å²) in [6, 6.07) is 5.94. The molecule has 92 valence electrons. The molecule has 0 aromatic heterocycles. The van der Waals surface area contributed by atoms with E-state index in [2.05, 4.69) is 18.2 Å². The average molecular weight is 343 g/mol. The zero-order valence-corrected chi connectivity index (χ0v) is 12.2. The van der Waals surface area contributed by atoms with Crippen molar-refractivity contribution in [3.05, 3.63) is 47.0 Å². The summed E-state index contributed by atoms with van der Waals surface area (Å²) in [6.45, 7) is 2.02. The number of methoxy groups -OCH3 is 1. The second-order valence-electron chi connectivity index (χ2n) is 3.97. The first kappa shape index (κ1) is 12.6. The van der Waals surface area contributed by atoms with Gasteiger partial charge >= 0.3 is 113 Å². The van der Waals surface area contributed by atoms with Gasteiger partial charge in [-0.25, -0.2) is 0 Å². The molecule has 0 N–H and O–H groups in total. The summed E-state index contributed by atoms with van der Waals surface area (Å²) in [5.41, 5.74) is 3.08. The van der Waals surface area contributed by atoms with Crippen LogP contribution in [0.15, 0.2) is 30.4 Å². The Morgan fingerprint density at radius 1 is 1.47 bits per heavy atom. The number of ether oxygens (including phenoxy) is 1. The van der Waals surface area contributed by atoms with E-state index in [-0.39, 0.29) is 27.2 Å². The molecule has 1 unspecified atom stereocenters. The van der Waals surface area contributed by atoms with Gasteiger partial charge in [0.2, 0.25) is 0 Å². The number of allylic oxidation sites excluding steroid dienone is 2. The molecule has 0 amide bonds. The van der Waals surface area contributed by atoms with Crippen molar-refractivity contribution in [3.63, 3.8) is 0 Å². The van der Waals surface area contributed by atoms with Gasteiger partial charge in [0.15, 0.2) is 0 Å². The van der Waals surface area contributed by atoms with E-state index in [1.165, 1.54) is 23.5 Å². The molecule has 0 spiro atoms. The van der Waals surface area contributed by atoms with Gasteiger partial charge in [0.05, 0.1) is 0 Å². The van der Waals surface area contributed by atoms with E-state index in [0.29, 0.717) is 9.49 Å². The van der Waals surface area contributed by atoms with Crippen molar-refractivity contribution in [1.29, 1.82) is 0 Å². The van der Waals surface area contributed by atoms with Crippen LogP contribution < -0.4 is 21.2 Å². The Kier molecular flexibility index (Phi) is 4.20. The first-order chi connectivity index (χ1) is 8.24. The Hall–Kier alpha value is -0.840. The van der Waals surface area contributed by atoms with Crippen LogP contribution in [0.25, 0.3) is 0 Å². The molecule has 2 nitrogen and oxygen atoms in total. The van der Waals surface area contributed by atoms with Crippen molar-refractivity contribution in [2.75, 3.05) is 11.5 Å². The molecular formula is C14H16IO2-. The van der Waals surface area contributed by atoms with Gasteiger partial charge in [-0.15, -0.1) is 0 Å². The number of hydrogen-bond donors (Lipinski definition) is 0. The van der Waals surface area contributed by atoms with Crippen LogP contribution in [0.1, 0.15) is 31.8 Å². The summed E-state index contributed by atoms with van der Waals surface area (Å²) in [6.07, 6.45) is 5.79. The fourth-order valence-electron chi connectivity index (χ4n) is 1.98. The van der Waals surface area contributed by atoms with Crippen molar-refractivity contribution >= 4 is 5.97 Å². The SMILES string of the molecule is COC(=O)c1cccc(C2C=CCC[I-]2)c1C. The van der Waals surface area contributed by atoms with Crippen LogP contribution >= 0.6 is 0 Å². The zero-order chi connectivity index (χ0) is 12.3. The van der Waals surface area contributed by atoms with E-state index in [1.54, 1.807) is 0 Å². The van der Waals surface area contributed by atoms with Gasteiger partial charge in [-0.05, 0) is 0 Å². The van der Waals surface area contributed by atoms with Crippen LogP contribution in [0.2, 0.25) is 0 Å². The Balaban J connectivity index is 2.38. The van der Waals surface area contributed by atoms with Crippen molar-refractivity contribution in [2.24, 2.45) is 0 Å². The van der Waals surface area contributed by atoms with Crippen molar-refractivity contribution in [3.8, 4) is 0 Å². The van der Waals surface area contributed by atoms with E-state index in [0.717, 1.165) is 5.56 Å². The van der Waals surface area contributed by atoms with Crippen molar-refractivity contribution < 1.29 is 30.7 Å². The number of rotatable bonds is 2. The predicted octanol–water partition coefficient (Wildman–Crippen LogP) is -0.128. The van der Waals surface area contributed by atoms with Gasteiger partial charge in [-0.2, -0.15) is 0 Å². The average Bonchev–Trinajstić information content (AvgIpc) is 2.39. The Labute approximate surface area is 112 Å².